The van der Waals surface area contributed by atoms with E-state index in [0.29, 0.717) is 12.2 Å². The Morgan fingerprint density at radius 2 is 2.04 bits per heavy atom. The van der Waals surface area contributed by atoms with E-state index < -0.39 is 5.82 Å². The molecule has 23 heavy (non-hydrogen) atoms. The van der Waals surface area contributed by atoms with Crippen molar-refractivity contribution in [1.82, 2.24) is 14.7 Å². The first-order valence-electron chi connectivity index (χ1n) is 7.84. The van der Waals surface area contributed by atoms with Gasteiger partial charge in [0, 0.05) is 45.5 Å². The third kappa shape index (κ3) is 5.64. The molecule has 1 aliphatic rings. The second kappa shape index (κ2) is 8.47. The lowest BCUT2D eigenvalue weighted by molar-refractivity contribution is 0.149. The zero-order valence-electron chi connectivity index (χ0n) is 13.7. The van der Waals surface area contributed by atoms with Crippen LogP contribution in [0.1, 0.15) is 6.42 Å². The van der Waals surface area contributed by atoms with Crippen molar-refractivity contribution in [1.29, 1.82) is 0 Å². The molecule has 7 heteroatoms. The van der Waals surface area contributed by atoms with Crippen molar-refractivity contribution in [3.8, 4) is 0 Å². The number of likely N-dealkylation sites (N-methyl/N-ethyl adjacent to an activating group) is 1. The Morgan fingerprint density at radius 3 is 2.70 bits per heavy atom. The van der Waals surface area contributed by atoms with E-state index in [-0.39, 0.29) is 11.1 Å². The van der Waals surface area contributed by atoms with Crippen molar-refractivity contribution in [2.24, 2.45) is 0 Å². The van der Waals surface area contributed by atoms with Crippen LogP contribution in [0.5, 0.6) is 0 Å². The van der Waals surface area contributed by atoms with Crippen LogP contribution in [-0.4, -0.2) is 74.1 Å². The summed E-state index contributed by atoms with van der Waals surface area (Å²) in [6.45, 7) is 6.03. The number of rotatable bonds is 5. The van der Waals surface area contributed by atoms with Gasteiger partial charge in [-0.25, -0.2) is 9.18 Å². The number of hydrogen-bond donors (Lipinski definition) is 1. The van der Waals surface area contributed by atoms with Gasteiger partial charge in [0.05, 0.1) is 5.02 Å². The van der Waals surface area contributed by atoms with Crippen LogP contribution in [0, 0.1) is 5.82 Å². The molecular formula is C16H24ClFN4O. The number of piperazine rings is 1. The highest BCUT2D eigenvalue weighted by Gasteiger charge is 2.14. The van der Waals surface area contributed by atoms with Gasteiger partial charge in [-0.15, -0.1) is 0 Å². The molecule has 0 saturated carbocycles. The second-order valence-electron chi connectivity index (χ2n) is 5.98. The Morgan fingerprint density at radius 1 is 1.35 bits per heavy atom. The predicted octanol–water partition coefficient (Wildman–Crippen LogP) is 2.58. The molecule has 0 radical (unpaired) electrons. The lowest BCUT2D eigenvalue weighted by Gasteiger charge is -2.32. The zero-order valence-corrected chi connectivity index (χ0v) is 14.4. The number of anilines is 1. The van der Waals surface area contributed by atoms with Crippen molar-refractivity contribution in [3.63, 3.8) is 0 Å². The largest absolute Gasteiger partial charge is 0.328 e. The number of benzene rings is 1. The highest BCUT2D eigenvalue weighted by molar-refractivity contribution is 6.31. The van der Waals surface area contributed by atoms with Crippen LogP contribution in [0.15, 0.2) is 18.2 Å². The number of carbonyl (C=O) groups is 1. The lowest BCUT2D eigenvalue weighted by atomic mass is 10.3. The summed E-state index contributed by atoms with van der Waals surface area (Å²) < 4.78 is 13.1. The number of hydrogen-bond acceptors (Lipinski definition) is 3. The molecule has 0 unspecified atom stereocenters. The molecule has 1 heterocycles. The Balaban J connectivity index is 1.71. The smallest absolute Gasteiger partial charge is 0.321 e. The minimum atomic E-state index is -0.495. The molecule has 1 N–H and O–H groups in total. The monoisotopic (exact) mass is 342 g/mol. The van der Waals surface area contributed by atoms with Crippen molar-refractivity contribution in [2.75, 3.05) is 58.7 Å². The number of amides is 2. The molecule has 5 nitrogen and oxygen atoms in total. The topological polar surface area (TPSA) is 38.8 Å². The van der Waals surface area contributed by atoms with Crippen LogP contribution in [0.2, 0.25) is 5.02 Å². The Hall–Kier alpha value is -1.37. The Bertz CT molecular complexity index is 535. The predicted molar refractivity (Wildman–Crippen MR) is 91.6 cm³/mol. The van der Waals surface area contributed by atoms with Crippen molar-refractivity contribution in [3.05, 3.63) is 29.0 Å². The van der Waals surface area contributed by atoms with Crippen LogP contribution in [-0.2, 0) is 0 Å². The average molecular weight is 343 g/mol. The summed E-state index contributed by atoms with van der Waals surface area (Å²) in [6, 6.07) is 3.93. The SMILES string of the molecule is CN1CCN(CCCN(C)C(=O)Nc2ccc(F)c(Cl)c2)CC1. The molecule has 2 rings (SSSR count). The fourth-order valence-electron chi connectivity index (χ4n) is 2.50. The van der Waals surface area contributed by atoms with Crippen LogP contribution in [0.3, 0.4) is 0 Å². The fourth-order valence-corrected chi connectivity index (χ4v) is 2.68. The second-order valence-corrected chi connectivity index (χ2v) is 6.39. The molecule has 0 atom stereocenters. The molecule has 1 aromatic carbocycles. The maximum Gasteiger partial charge on any atom is 0.321 e. The number of carbonyl (C=O) groups excluding carboxylic acids is 1. The maximum atomic E-state index is 13.1. The van der Waals surface area contributed by atoms with Crippen molar-refractivity contribution >= 4 is 23.3 Å². The highest BCUT2D eigenvalue weighted by Crippen LogP contribution is 2.19. The van der Waals surface area contributed by atoms with Crippen molar-refractivity contribution < 1.29 is 9.18 Å². The van der Waals surface area contributed by atoms with Gasteiger partial charge in [-0.1, -0.05) is 11.6 Å². The summed E-state index contributed by atoms with van der Waals surface area (Å²) in [5.41, 5.74) is 0.493. The van der Waals surface area contributed by atoms with E-state index in [1.165, 1.54) is 18.2 Å². The quantitative estimate of drug-likeness (QED) is 0.894. The van der Waals surface area contributed by atoms with Gasteiger partial charge >= 0.3 is 6.03 Å². The molecule has 1 aliphatic heterocycles. The first kappa shape index (κ1) is 18.0. The van der Waals surface area contributed by atoms with Crippen LogP contribution in [0.25, 0.3) is 0 Å². The summed E-state index contributed by atoms with van der Waals surface area (Å²) in [5.74, 6) is -0.495. The summed E-state index contributed by atoms with van der Waals surface area (Å²) in [5, 5.41) is 2.72. The van der Waals surface area contributed by atoms with Crippen LogP contribution < -0.4 is 5.32 Å². The number of nitrogens with zero attached hydrogens (tertiary/aromatic N) is 3. The van der Waals surface area contributed by atoms with E-state index in [0.717, 1.165) is 39.1 Å². The van der Waals surface area contributed by atoms with Crippen molar-refractivity contribution in [2.45, 2.75) is 6.42 Å². The Labute approximate surface area is 142 Å². The van der Waals surface area contributed by atoms with E-state index in [1.54, 1.807) is 11.9 Å². The summed E-state index contributed by atoms with van der Waals surface area (Å²) in [4.78, 5) is 18.5. The minimum absolute atomic E-state index is 0.000481. The summed E-state index contributed by atoms with van der Waals surface area (Å²) in [7, 11) is 3.89. The summed E-state index contributed by atoms with van der Waals surface area (Å²) >= 11 is 5.71. The van der Waals surface area contributed by atoms with Gasteiger partial charge in [0.25, 0.3) is 0 Å². The average Bonchev–Trinajstić information content (AvgIpc) is 2.52. The molecule has 0 spiro atoms. The number of halogens is 2. The van der Waals surface area contributed by atoms with Gasteiger partial charge in [-0.3, -0.25) is 0 Å². The molecule has 0 bridgehead atoms. The molecule has 0 aliphatic carbocycles. The van der Waals surface area contributed by atoms with Gasteiger partial charge in [-0.2, -0.15) is 0 Å². The molecule has 1 fully saturated rings. The van der Waals surface area contributed by atoms with E-state index >= 15 is 0 Å². The lowest BCUT2D eigenvalue weighted by Crippen LogP contribution is -2.45. The Kier molecular flexibility index (Phi) is 6.62. The minimum Gasteiger partial charge on any atom is -0.328 e. The first-order valence-corrected chi connectivity index (χ1v) is 8.21. The van der Waals surface area contributed by atoms with Gasteiger partial charge in [-0.05, 0) is 38.2 Å². The molecule has 1 saturated heterocycles. The molecule has 1 aromatic rings. The third-order valence-corrected chi connectivity index (χ3v) is 4.37. The fraction of sp³-hybridized carbons (Fsp3) is 0.562. The van der Waals surface area contributed by atoms with Crippen LogP contribution in [0.4, 0.5) is 14.9 Å². The van der Waals surface area contributed by atoms with E-state index in [9.17, 15) is 9.18 Å². The van der Waals surface area contributed by atoms with Gasteiger partial charge < -0.3 is 20.0 Å². The highest BCUT2D eigenvalue weighted by atomic mass is 35.5. The van der Waals surface area contributed by atoms with E-state index in [2.05, 4.69) is 22.2 Å². The maximum absolute atomic E-state index is 13.1. The van der Waals surface area contributed by atoms with Gasteiger partial charge in [0.2, 0.25) is 0 Å². The normalized spacial score (nSPS) is 16.3. The third-order valence-electron chi connectivity index (χ3n) is 4.08. The van der Waals surface area contributed by atoms with Crippen LogP contribution >= 0.6 is 11.6 Å². The van der Waals surface area contributed by atoms with E-state index in [1.807, 2.05) is 0 Å². The van der Waals surface area contributed by atoms with Gasteiger partial charge in [0.1, 0.15) is 5.82 Å². The number of urea groups is 1. The molecule has 0 aromatic heterocycles. The first-order chi connectivity index (χ1) is 11.0. The summed E-state index contributed by atoms with van der Waals surface area (Å²) in [6.07, 6.45) is 0.928. The zero-order chi connectivity index (χ0) is 16.8. The molecule has 2 amide bonds. The van der Waals surface area contributed by atoms with Gasteiger partial charge in [0.15, 0.2) is 0 Å². The standard InChI is InChI=1S/C16H24ClFN4O/c1-20-8-10-22(11-9-20)7-3-6-21(2)16(23)19-13-4-5-15(18)14(17)12-13/h4-5,12H,3,6-11H2,1-2H3,(H,19,23). The number of nitrogens with one attached hydrogen (secondary N) is 1. The molecule has 128 valence electrons. The van der Waals surface area contributed by atoms with E-state index in [4.69, 9.17) is 11.6 Å². The molecular weight excluding hydrogens is 319 g/mol.